The van der Waals surface area contributed by atoms with Crippen LogP contribution in [0.2, 0.25) is 0 Å². The lowest BCUT2D eigenvalue weighted by Gasteiger charge is -2.17. The largest absolute Gasteiger partial charge is 0.314 e. The highest BCUT2D eigenvalue weighted by Crippen LogP contribution is 2.17. The molecule has 1 nitrogen and oxygen atoms in total. The van der Waals surface area contributed by atoms with Gasteiger partial charge in [0, 0.05) is 10.9 Å². The third-order valence-electron chi connectivity index (χ3n) is 3.19. The summed E-state index contributed by atoms with van der Waals surface area (Å²) >= 11 is 3.68. The van der Waals surface area contributed by atoms with E-state index in [0.717, 1.165) is 6.04 Å². The van der Waals surface area contributed by atoms with Crippen molar-refractivity contribution in [3.05, 3.63) is 0 Å². The maximum atomic E-state index is 3.70. The van der Waals surface area contributed by atoms with Crippen LogP contribution in [-0.4, -0.2) is 17.4 Å². The van der Waals surface area contributed by atoms with Gasteiger partial charge in [0.2, 0.25) is 0 Å². The van der Waals surface area contributed by atoms with Crippen molar-refractivity contribution in [3.8, 4) is 0 Å². The first-order valence-electron chi connectivity index (χ1n) is 6.20. The zero-order valence-corrected chi connectivity index (χ0v) is 11.0. The van der Waals surface area contributed by atoms with Gasteiger partial charge in [-0.15, -0.1) is 0 Å². The molecule has 0 radical (unpaired) electrons. The zero-order chi connectivity index (χ0) is 10.2. The zero-order valence-electron chi connectivity index (χ0n) is 9.40. The average molecular weight is 262 g/mol. The van der Waals surface area contributed by atoms with Gasteiger partial charge in [-0.3, -0.25) is 0 Å². The predicted molar refractivity (Wildman–Crippen MR) is 67.1 cm³/mol. The lowest BCUT2D eigenvalue weighted by Crippen LogP contribution is -2.30. The van der Waals surface area contributed by atoms with Gasteiger partial charge in [0.25, 0.3) is 0 Å². The van der Waals surface area contributed by atoms with E-state index < -0.39 is 0 Å². The monoisotopic (exact) mass is 261 g/mol. The van der Waals surface area contributed by atoms with Crippen LogP contribution in [-0.2, 0) is 0 Å². The smallest absolute Gasteiger partial charge is 0.0155 e. The summed E-state index contributed by atoms with van der Waals surface area (Å²) in [6, 6.07) is 0.814. The minimum Gasteiger partial charge on any atom is -0.314 e. The van der Waals surface area contributed by atoms with Crippen LogP contribution in [0.25, 0.3) is 0 Å². The highest BCUT2D eigenvalue weighted by molar-refractivity contribution is 9.09. The highest BCUT2D eigenvalue weighted by atomic mass is 79.9. The molecule has 0 aromatic rings. The summed E-state index contributed by atoms with van der Waals surface area (Å²) in [5.74, 6) is 0. The maximum absolute atomic E-state index is 3.70. The van der Waals surface area contributed by atoms with Gasteiger partial charge in [0.05, 0.1) is 0 Å². The van der Waals surface area contributed by atoms with Crippen LogP contribution < -0.4 is 5.32 Å². The molecular formula is C12H24BrN. The summed E-state index contributed by atoms with van der Waals surface area (Å²) in [7, 11) is 0. The number of alkyl halides is 1. The van der Waals surface area contributed by atoms with Crippen LogP contribution >= 0.6 is 15.9 Å². The standard InChI is InChI=1S/C12H24BrN/c1-2-11(13)9-10-14-12-7-5-3-4-6-8-12/h11-12,14H,2-10H2,1H3. The molecule has 0 aliphatic heterocycles. The van der Waals surface area contributed by atoms with Crippen molar-refractivity contribution in [1.82, 2.24) is 5.32 Å². The van der Waals surface area contributed by atoms with Gasteiger partial charge in [-0.05, 0) is 32.2 Å². The summed E-state index contributed by atoms with van der Waals surface area (Å²) in [6.45, 7) is 3.43. The van der Waals surface area contributed by atoms with E-state index in [2.05, 4.69) is 28.2 Å². The molecule has 0 aromatic carbocycles. The average Bonchev–Trinajstić information content (AvgIpc) is 2.46. The van der Waals surface area contributed by atoms with Gasteiger partial charge in [0.1, 0.15) is 0 Å². The normalized spacial score (nSPS) is 21.9. The van der Waals surface area contributed by atoms with Crippen molar-refractivity contribution < 1.29 is 0 Å². The summed E-state index contributed by atoms with van der Waals surface area (Å²) in [6.07, 6.45) is 11.1. The van der Waals surface area contributed by atoms with Crippen molar-refractivity contribution in [2.45, 2.75) is 69.2 Å². The number of hydrogen-bond acceptors (Lipinski definition) is 1. The molecule has 0 saturated heterocycles. The van der Waals surface area contributed by atoms with Gasteiger partial charge < -0.3 is 5.32 Å². The molecule has 1 unspecified atom stereocenters. The molecule has 1 atom stereocenters. The summed E-state index contributed by atoms with van der Waals surface area (Å²) in [4.78, 5) is 0.709. The van der Waals surface area contributed by atoms with Crippen LogP contribution in [0.3, 0.4) is 0 Å². The molecule has 0 bridgehead atoms. The first-order chi connectivity index (χ1) is 6.83. The molecule has 1 rings (SSSR count). The molecule has 1 N–H and O–H groups in total. The quantitative estimate of drug-likeness (QED) is 0.586. The van der Waals surface area contributed by atoms with E-state index in [1.807, 2.05) is 0 Å². The Bertz CT molecular complexity index is 130. The summed E-state index contributed by atoms with van der Waals surface area (Å²) < 4.78 is 0. The van der Waals surface area contributed by atoms with Crippen molar-refractivity contribution in [2.75, 3.05) is 6.54 Å². The molecule has 0 heterocycles. The van der Waals surface area contributed by atoms with Crippen molar-refractivity contribution in [1.29, 1.82) is 0 Å². The van der Waals surface area contributed by atoms with E-state index in [0.29, 0.717) is 4.83 Å². The lowest BCUT2D eigenvalue weighted by atomic mass is 10.1. The Morgan fingerprint density at radius 2 is 1.86 bits per heavy atom. The predicted octanol–water partition coefficient (Wildman–Crippen LogP) is 3.86. The molecule has 84 valence electrons. The van der Waals surface area contributed by atoms with Crippen molar-refractivity contribution >= 4 is 15.9 Å². The van der Waals surface area contributed by atoms with E-state index in [1.165, 1.54) is 57.9 Å². The lowest BCUT2D eigenvalue weighted by molar-refractivity contribution is 0.453. The number of hydrogen-bond donors (Lipinski definition) is 1. The Hall–Kier alpha value is 0.440. The van der Waals surface area contributed by atoms with Crippen LogP contribution in [0.5, 0.6) is 0 Å². The van der Waals surface area contributed by atoms with Gasteiger partial charge in [-0.1, -0.05) is 48.5 Å². The Kier molecular flexibility index (Phi) is 6.88. The Labute approximate surface area is 97.2 Å². The molecule has 0 spiro atoms. The molecule has 0 amide bonds. The second-order valence-corrected chi connectivity index (χ2v) is 5.73. The van der Waals surface area contributed by atoms with E-state index >= 15 is 0 Å². The topological polar surface area (TPSA) is 12.0 Å². The molecule has 1 saturated carbocycles. The second kappa shape index (κ2) is 7.70. The number of halogens is 1. The summed E-state index contributed by atoms with van der Waals surface area (Å²) in [5.41, 5.74) is 0. The van der Waals surface area contributed by atoms with Crippen LogP contribution in [0.15, 0.2) is 0 Å². The van der Waals surface area contributed by atoms with E-state index in [9.17, 15) is 0 Å². The molecule has 1 aliphatic carbocycles. The minimum atomic E-state index is 0.709. The fourth-order valence-corrected chi connectivity index (χ4v) is 2.36. The molecular weight excluding hydrogens is 238 g/mol. The molecule has 1 fully saturated rings. The SMILES string of the molecule is CCC(Br)CCNC1CCCCCC1. The van der Waals surface area contributed by atoms with Gasteiger partial charge >= 0.3 is 0 Å². The van der Waals surface area contributed by atoms with Crippen LogP contribution in [0.4, 0.5) is 0 Å². The number of rotatable bonds is 5. The fourth-order valence-electron chi connectivity index (χ4n) is 2.13. The van der Waals surface area contributed by atoms with E-state index in [-0.39, 0.29) is 0 Å². The van der Waals surface area contributed by atoms with Gasteiger partial charge in [-0.25, -0.2) is 0 Å². The number of nitrogens with one attached hydrogen (secondary N) is 1. The highest BCUT2D eigenvalue weighted by Gasteiger charge is 2.11. The first-order valence-corrected chi connectivity index (χ1v) is 7.12. The second-order valence-electron chi connectivity index (χ2n) is 4.44. The Morgan fingerprint density at radius 1 is 1.21 bits per heavy atom. The Morgan fingerprint density at radius 3 is 2.43 bits per heavy atom. The van der Waals surface area contributed by atoms with E-state index in [4.69, 9.17) is 0 Å². The minimum absolute atomic E-state index is 0.709. The van der Waals surface area contributed by atoms with Crippen molar-refractivity contribution in [2.24, 2.45) is 0 Å². The van der Waals surface area contributed by atoms with Crippen molar-refractivity contribution in [3.63, 3.8) is 0 Å². The maximum Gasteiger partial charge on any atom is 0.0155 e. The van der Waals surface area contributed by atoms with Gasteiger partial charge in [0.15, 0.2) is 0 Å². The molecule has 1 aliphatic rings. The third kappa shape index (κ3) is 5.35. The first kappa shape index (κ1) is 12.5. The third-order valence-corrected chi connectivity index (χ3v) is 4.29. The summed E-state index contributed by atoms with van der Waals surface area (Å²) in [5, 5.41) is 3.70. The van der Waals surface area contributed by atoms with Crippen LogP contribution in [0.1, 0.15) is 58.3 Å². The molecule has 14 heavy (non-hydrogen) atoms. The Balaban J connectivity index is 2.04. The van der Waals surface area contributed by atoms with E-state index in [1.54, 1.807) is 0 Å². The van der Waals surface area contributed by atoms with Gasteiger partial charge in [-0.2, -0.15) is 0 Å². The molecule has 2 heteroatoms. The van der Waals surface area contributed by atoms with Crippen LogP contribution in [0, 0.1) is 0 Å². The molecule has 0 aromatic heterocycles. The fraction of sp³-hybridized carbons (Fsp3) is 1.00.